The van der Waals surface area contributed by atoms with Gasteiger partial charge in [-0.3, -0.25) is 4.98 Å². The van der Waals surface area contributed by atoms with Gasteiger partial charge in [-0.05, 0) is 69.1 Å². The van der Waals surface area contributed by atoms with Gasteiger partial charge in [0.15, 0.2) is 5.11 Å². The second kappa shape index (κ2) is 8.76. The number of pyridine rings is 1. The lowest BCUT2D eigenvalue weighted by Crippen LogP contribution is -2.35. The summed E-state index contributed by atoms with van der Waals surface area (Å²) in [6.07, 6.45) is 1.81. The lowest BCUT2D eigenvalue weighted by molar-refractivity contribution is 0.250. The van der Waals surface area contributed by atoms with E-state index in [1.54, 1.807) is 0 Å². The summed E-state index contributed by atoms with van der Waals surface area (Å²) >= 11 is 12.0. The molecule has 1 fully saturated rings. The van der Waals surface area contributed by atoms with E-state index in [0.717, 1.165) is 51.6 Å². The Morgan fingerprint density at radius 3 is 2.73 bits per heavy atom. The minimum absolute atomic E-state index is 0.0828. The van der Waals surface area contributed by atoms with E-state index in [1.165, 1.54) is 0 Å². The number of rotatable bonds is 6. The van der Waals surface area contributed by atoms with Crippen LogP contribution in [-0.2, 0) is 0 Å². The van der Waals surface area contributed by atoms with Gasteiger partial charge in [0.25, 0.3) is 0 Å². The first-order valence-corrected chi connectivity index (χ1v) is 10.7. The average Bonchev–Trinajstić information content (AvgIpc) is 3.33. The number of benzene rings is 1. The highest BCUT2D eigenvalue weighted by Crippen LogP contribution is 2.41. The molecule has 0 saturated carbocycles. The van der Waals surface area contributed by atoms with Crippen LogP contribution in [0.15, 0.2) is 59.1 Å². The number of likely N-dealkylation sites (N-methyl/N-ethyl adjacent to an activating group) is 1. The van der Waals surface area contributed by atoms with Crippen LogP contribution in [0, 0.1) is 6.92 Å². The monoisotopic (exact) mass is 440 g/mol. The first kappa shape index (κ1) is 20.8. The summed E-state index contributed by atoms with van der Waals surface area (Å²) in [5, 5.41) is 4.90. The molecule has 0 unspecified atom stereocenters. The average molecular weight is 441 g/mol. The largest absolute Gasteiger partial charge is 0.459 e. The maximum Gasteiger partial charge on any atom is 0.170 e. The molecule has 30 heavy (non-hydrogen) atoms. The summed E-state index contributed by atoms with van der Waals surface area (Å²) in [5.41, 5.74) is 2.94. The van der Waals surface area contributed by atoms with Gasteiger partial charge < -0.3 is 19.5 Å². The summed E-state index contributed by atoms with van der Waals surface area (Å²) in [6.45, 7) is 3.68. The number of hydrogen-bond donors (Lipinski definition) is 1. The number of halogens is 1. The fourth-order valence-electron chi connectivity index (χ4n) is 3.79. The molecule has 3 aromatic rings. The summed E-state index contributed by atoms with van der Waals surface area (Å²) in [5.74, 6) is 1.65. The first-order valence-electron chi connectivity index (χ1n) is 9.93. The Kier molecular flexibility index (Phi) is 6.09. The van der Waals surface area contributed by atoms with Crippen LogP contribution in [0.3, 0.4) is 0 Å². The van der Waals surface area contributed by atoms with Gasteiger partial charge in [-0.25, -0.2) is 0 Å². The zero-order valence-corrected chi connectivity index (χ0v) is 18.9. The van der Waals surface area contributed by atoms with E-state index in [0.29, 0.717) is 0 Å². The van der Waals surface area contributed by atoms with Gasteiger partial charge in [-0.1, -0.05) is 29.8 Å². The molecule has 0 spiro atoms. The molecule has 2 atom stereocenters. The third-order valence-corrected chi connectivity index (χ3v) is 6.20. The van der Waals surface area contributed by atoms with Crippen LogP contribution >= 0.6 is 23.8 Å². The van der Waals surface area contributed by atoms with Crippen LogP contribution < -0.4 is 5.32 Å². The van der Waals surface area contributed by atoms with Gasteiger partial charge in [0.2, 0.25) is 0 Å². The Bertz CT molecular complexity index is 1040. The molecule has 156 valence electrons. The fraction of sp³-hybridized carbons (Fsp3) is 0.304. The Morgan fingerprint density at radius 1 is 1.17 bits per heavy atom. The van der Waals surface area contributed by atoms with Gasteiger partial charge in [-0.2, -0.15) is 0 Å². The van der Waals surface area contributed by atoms with Crippen molar-refractivity contribution in [3.63, 3.8) is 0 Å². The van der Waals surface area contributed by atoms with Crippen molar-refractivity contribution in [1.29, 1.82) is 0 Å². The summed E-state index contributed by atoms with van der Waals surface area (Å²) < 4.78 is 6.39. The number of hydrogen-bond acceptors (Lipinski definition) is 4. The molecule has 2 aromatic heterocycles. The van der Waals surface area contributed by atoms with E-state index >= 15 is 0 Å². The van der Waals surface area contributed by atoms with Crippen LogP contribution in [0.4, 0.5) is 0 Å². The van der Waals surface area contributed by atoms with Crippen molar-refractivity contribution in [3.05, 3.63) is 76.8 Å². The normalized spacial score (nSPS) is 18.8. The third kappa shape index (κ3) is 4.08. The second-order valence-electron chi connectivity index (χ2n) is 7.74. The quantitative estimate of drug-likeness (QED) is 0.553. The molecule has 4 rings (SSSR count). The summed E-state index contributed by atoms with van der Waals surface area (Å²) in [4.78, 5) is 8.92. The minimum Gasteiger partial charge on any atom is -0.459 e. The van der Waals surface area contributed by atoms with Gasteiger partial charge in [0.1, 0.15) is 17.6 Å². The zero-order valence-electron chi connectivity index (χ0n) is 17.3. The molecule has 0 radical (unpaired) electrons. The molecule has 1 aromatic carbocycles. The Balaban J connectivity index is 1.72. The molecule has 0 aliphatic carbocycles. The third-order valence-electron chi connectivity index (χ3n) is 5.44. The van der Waals surface area contributed by atoms with Crippen molar-refractivity contribution in [2.75, 3.05) is 27.2 Å². The molecule has 7 heteroatoms. The highest BCUT2D eigenvalue weighted by atomic mass is 35.5. The molecule has 1 saturated heterocycles. The predicted molar refractivity (Wildman–Crippen MR) is 125 cm³/mol. The smallest absolute Gasteiger partial charge is 0.170 e. The molecule has 3 heterocycles. The van der Waals surface area contributed by atoms with Crippen molar-refractivity contribution >= 4 is 28.9 Å². The molecule has 0 bridgehead atoms. The molecule has 5 nitrogen and oxygen atoms in total. The van der Waals surface area contributed by atoms with Crippen LogP contribution in [0.5, 0.6) is 0 Å². The Labute approximate surface area is 187 Å². The summed E-state index contributed by atoms with van der Waals surface area (Å²) in [6, 6.07) is 15.7. The first-order chi connectivity index (χ1) is 14.5. The van der Waals surface area contributed by atoms with E-state index in [9.17, 15) is 0 Å². The highest BCUT2D eigenvalue weighted by molar-refractivity contribution is 7.80. The SMILES string of the molecule is Cc1c(Cl)cccc1-c1ccc([C@H]2[C@@H](c3ccccn3)NC(=S)N2CCN(C)C)o1. The van der Waals surface area contributed by atoms with Crippen molar-refractivity contribution in [1.82, 2.24) is 20.1 Å². The predicted octanol–water partition coefficient (Wildman–Crippen LogP) is 4.84. The van der Waals surface area contributed by atoms with E-state index in [-0.39, 0.29) is 12.1 Å². The van der Waals surface area contributed by atoms with Crippen LogP contribution in [-0.4, -0.2) is 47.1 Å². The minimum atomic E-state index is -0.0830. The van der Waals surface area contributed by atoms with E-state index in [2.05, 4.69) is 34.2 Å². The number of nitrogens with one attached hydrogen (secondary N) is 1. The van der Waals surface area contributed by atoms with Gasteiger partial charge in [0, 0.05) is 29.9 Å². The van der Waals surface area contributed by atoms with Gasteiger partial charge in [0.05, 0.1) is 11.7 Å². The Hall–Kier alpha value is -2.41. The lowest BCUT2D eigenvalue weighted by atomic mass is 10.0. The Morgan fingerprint density at radius 2 is 2.00 bits per heavy atom. The number of aromatic nitrogens is 1. The van der Waals surface area contributed by atoms with Gasteiger partial charge >= 0.3 is 0 Å². The topological polar surface area (TPSA) is 44.5 Å². The molecule has 1 aliphatic rings. The maximum atomic E-state index is 6.39. The highest BCUT2D eigenvalue weighted by Gasteiger charge is 2.41. The van der Waals surface area contributed by atoms with Crippen molar-refractivity contribution in [2.45, 2.75) is 19.0 Å². The molecule has 1 aliphatic heterocycles. The van der Waals surface area contributed by atoms with Crippen molar-refractivity contribution in [2.24, 2.45) is 0 Å². The maximum absolute atomic E-state index is 6.39. The lowest BCUT2D eigenvalue weighted by Gasteiger charge is -2.27. The molecule has 1 N–H and O–H groups in total. The fourth-order valence-corrected chi connectivity index (χ4v) is 4.30. The number of furan rings is 1. The standard InChI is InChI=1S/C23H25ClN4OS/c1-15-16(7-6-8-17(15)24)19-10-11-20(29-19)22-21(18-9-4-5-12-25-18)26-23(30)28(22)14-13-27(2)3/h4-12,21-22H,13-14H2,1-3H3,(H,26,30)/t21-,22+/m1/s1. The number of thiocarbonyl (C=S) groups is 1. The molecule has 0 amide bonds. The van der Waals surface area contributed by atoms with Crippen LogP contribution in [0.25, 0.3) is 11.3 Å². The number of nitrogens with zero attached hydrogens (tertiary/aromatic N) is 3. The van der Waals surface area contributed by atoms with E-state index in [4.69, 9.17) is 28.2 Å². The second-order valence-corrected chi connectivity index (χ2v) is 8.53. The van der Waals surface area contributed by atoms with Crippen LogP contribution in [0.2, 0.25) is 5.02 Å². The molecular formula is C23H25ClN4OS. The van der Waals surface area contributed by atoms with Crippen LogP contribution in [0.1, 0.15) is 29.1 Å². The molecular weight excluding hydrogens is 416 g/mol. The van der Waals surface area contributed by atoms with Crippen molar-refractivity contribution in [3.8, 4) is 11.3 Å². The zero-order chi connectivity index (χ0) is 21.3. The van der Waals surface area contributed by atoms with E-state index in [1.807, 2.05) is 61.7 Å². The van der Waals surface area contributed by atoms with Gasteiger partial charge in [-0.15, -0.1) is 0 Å². The van der Waals surface area contributed by atoms with E-state index < -0.39 is 0 Å². The summed E-state index contributed by atoms with van der Waals surface area (Å²) in [7, 11) is 4.12. The van der Waals surface area contributed by atoms with Crippen molar-refractivity contribution < 1.29 is 4.42 Å².